The Kier molecular flexibility index (Phi) is 5.63. The summed E-state index contributed by atoms with van der Waals surface area (Å²) in [6.07, 6.45) is 1.82. The molecule has 1 aromatic rings. The minimum absolute atomic E-state index is 0. The summed E-state index contributed by atoms with van der Waals surface area (Å²) in [5.41, 5.74) is 6.83. The second kappa shape index (κ2) is 6.83. The van der Waals surface area contributed by atoms with Crippen LogP contribution in [0.2, 0.25) is 0 Å². The van der Waals surface area contributed by atoms with Crippen LogP contribution in [0.15, 0.2) is 23.8 Å². The first-order chi connectivity index (χ1) is 9.40. The summed E-state index contributed by atoms with van der Waals surface area (Å²) < 4.78 is 10.9. The highest BCUT2D eigenvalue weighted by Crippen LogP contribution is 2.35. The molecule has 21 heavy (non-hydrogen) atoms. The van der Waals surface area contributed by atoms with Crippen molar-refractivity contribution in [3.05, 3.63) is 29.3 Å². The highest BCUT2D eigenvalue weighted by Gasteiger charge is 2.21. The van der Waals surface area contributed by atoms with Gasteiger partial charge >= 0.3 is 0 Å². The van der Waals surface area contributed by atoms with Gasteiger partial charge in [0.25, 0.3) is 5.91 Å². The van der Waals surface area contributed by atoms with Crippen LogP contribution in [0, 0.1) is 0 Å². The zero-order chi connectivity index (χ0) is 14.8. The third kappa shape index (κ3) is 4.37. The summed E-state index contributed by atoms with van der Waals surface area (Å²) in [4.78, 5) is 12.1. The largest absolute Gasteiger partial charge is 0.493 e. The molecule has 0 saturated heterocycles. The molecule has 5 nitrogen and oxygen atoms in total. The van der Waals surface area contributed by atoms with Crippen LogP contribution in [0.5, 0.6) is 11.5 Å². The number of ether oxygens (including phenoxy) is 2. The fraction of sp³-hybridized carbons (Fsp3) is 0.400. The molecule has 2 rings (SSSR count). The van der Waals surface area contributed by atoms with Gasteiger partial charge in [-0.2, -0.15) is 0 Å². The molecule has 116 valence electrons. The molecule has 1 aromatic carbocycles. The van der Waals surface area contributed by atoms with E-state index >= 15 is 0 Å². The maximum absolute atomic E-state index is 12.1. The number of amides is 1. The molecular weight excluding hydrogens is 292 g/mol. The normalized spacial score (nSPS) is 13.2. The molecule has 0 saturated carbocycles. The van der Waals surface area contributed by atoms with Gasteiger partial charge in [0.1, 0.15) is 6.61 Å². The molecule has 0 fully saturated rings. The molecule has 3 N–H and O–H groups in total. The molecule has 0 spiro atoms. The molecule has 0 bridgehead atoms. The SMILES string of the molecule is COc1cccc2c1OCC(C(=O)NCC(C)(C)N)=C2.Cl. The third-order valence-electron chi connectivity index (χ3n) is 2.93. The van der Waals surface area contributed by atoms with Crippen molar-refractivity contribution in [2.75, 3.05) is 20.3 Å². The van der Waals surface area contributed by atoms with E-state index in [0.29, 0.717) is 23.6 Å². The average Bonchev–Trinajstić information content (AvgIpc) is 2.42. The summed E-state index contributed by atoms with van der Waals surface area (Å²) >= 11 is 0. The lowest BCUT2D eigenvalue weighted by Gasteiger charge is -2.22. The molecule has 0 atom stereocenters. The molecular formula is C15H21ClN2O3. The molecule has 0 aromatic heterocycles. The Morgan fingerprint density at radius 3 is 2.81 bits per heavy atom. The van der Waals surface area contributed by atoms with E-state index in [1.165, 1.54) is 0 Å². The molecule has 1 aliphatic rings. The zero-order valence-electron chi connectivity index (χ0n) is 12.4. The number of hydrogen-bond acceptors (Lipinski definition) is 4. The summed E-state index contributed by atoms with van der Waals surface area (Å²) in [5, 5.41) is 2.81. The van der Waals surface area contributed by atoms with E-state index < -0.39 is 5.54 Å². The lowest BCUT2D eigenvalue weighted by atomic mass is 10.0. The number of rotatable bonds is 4. The van der Waals surface area contributed by atoms with Crippen molar-refractivity contribution in [1.29, 1.82) is 0 Å². The van der Waals surface area contributed by atoms with E-state index in [0.717, 1.165) is 5.56 Å². The van der Waals surface area contributed by atoms with Gasteiger partial charge in [0.05, 0.1) is 12.7 Å². The van der Waals surface area contributed by atoms with Crippen molar-refractivity contribution in [1.82, 2.24) is 5.32 Å². The Hall–Kier alpha value is -1.72. The summed E-state index contributed by atoms with van der Waals surface area (Å²) in [6, 6.07) is 5.58. The Balaban J connectivity index is 0.00000220. The summed E-state index contributed by atoms with van der Waals surface area (Å²) in [6.45, 7) is 4.36. The minimum Gasteiger partial charge on any atom is -0.493 e. The van der Waals surface area contributed by atoms with Crippen LogP contribution in [-0.2, 0) is 4.79 Å². The van der Waals surface area contributed by atoms with Gasteiger partial charge in [0.15, 0.2) is 11.5 Å². The number of nitrogens with one attached hydrogen (secondary N) is 1. The van der Waals surface area contributed by atoms with E-state index in [2.05, 4.69) is 5.32 Å². The van der Waals surface area contributed by atoms with Gasteiger partial charge in [-0.15, -0.1) is 12.4 Å². The molecule has 1 aliphatic heterocycles. The Bertz CT molecular complexity index is 550. The zero-order valence-corrected chi connectivity index (χ0v) is 13.3. The molecule has 0 unspecified atom stereocenters. The first kappa shape index (κ1) is 17.3. The van der Waals surface area contributed by atoms with Gasteiger partial charge in [0.2, 0.25) is 0 Å². The Labute approximate surface area is 130 Å². The first-order valence-corrected chi connectivity index (χ1v) is 6.48. The van der Waals surface area contributed by atoms with Crippen molar-refractivity contribution in [2.24, 2.45) is 5.73 Å². The van der Waals surface area contributed by atoms with Crippen LogP contribution in [0.4, 0.5) is 0 Å². The number of fused-ring (bicyclic) bond motifs is 1. The van der Waals surface area contributed by atoms with Crippen molar-refractivity contribution < 1.29 is 14.3 Å². The van der Waals surface area contributed by atoms with E-state index in [1.807, 2.05) is 38.1 Å². The lowest BCUT2D eigenvalue weighted by molar-refractivity contribution is -0.118. The predicted molar refractivity (Wildman–Crippen MR) is 85.0 cm³/mol. The van der Waals surface area contributed by atoms with Gasteiger partial charge in [-0.05, 0) is 26.0 Å². The van der Waals surface area contributed by atoms with Crippen LogP contribution >= 0.6 is 12.4 Å². The average molecular weight is 313 g/mol. The number of carbonyl (C=O) groups excluding carboxylic acids is 1. The lowest BCUT2D eigenvalue weighted by Crippen LogP contribution is -2.45. The fourth-order valence-corrected chi connectivity index (χ4v) is 1.89. The fourth-order valence-electron chi connectivity index (χ4n) is 1.89. The second-order valence-electron chi connectivity index (χ2n) is 5.51. The number of benzene rings is 1. The standard InChI is InChI=1S/C15H20N2O3.ClH/c1-15(2,16)9-17-14(18)11-7-10-5-4-6-12(19-3)13(10)20-8-11;/h4-7H,8-9,16H2,1-3H3,(H,17,18);1H. The highest BCUT2D eigenvalue weighted by molar-refractivity contribution is 5.99. The number of para-hydroxylation sites is 1. The van der Waals surface area contributed by atoms with Crippen LogP contribution in [0.3, 0.4) is 0 Å². The topological polar surface area (TPSA) is 73.6 Å². The number of methoxy groups -OCH3 is 1. The van der Waals surface area contributed by atoms with Crippen molar-refractivity contribution in [2.45, 2.75) is 19.4 Å². The quantitative estimate of drug-likeness (QED) is 0.888. The maximum Gasteiger partial charge on any atom is 0.250 e. The van der Waals surface area contributed by atoms with Gasteiger partial charge in [-0.1, -0.05) is 12.1 Å². The second-order valence-corrected chi connectivity index (χ2v) is 5.51. The number of hydrogen-bond donors (Lipinski definition) is 2. The van der Waals surface area contributed by atoms with Gasteiger partial charge in [-0.3, -0.25) is 4.79 Å². The molecule has 0 aliphatic carbocycles. The van der Waals surface area contributed by atoms with E-state index in [1.54, 1.807) is 7.11 Å². The number of carbonyl (C=O) groups is 1. The van der Waals surface area contributed by atoms with E-state index in [9.17, 15) is 4.79 Å². The predicted octanol–water partition coefficient (Wildman–Crippen LogP) is 1.75. The van der Waals surface area contributed by atoms with Gasteiger partial charge in [-0.25, -0.2) is 0 Å². The van der Waals surface area contributed by atoms with Gasteiger partial charge < -0.3 is 20.5 Å². The van der Waals surface area contributed by atoms with Crippen molar-refractivity contribution in [3.8, 4) is 11.5 Å². The molecule has 6 heteroatoms. The van der Waals surface area contributed by atoms with Crippen molar-refractivity contribution in [3.63, 3.8) is 0 Å². The first-order valence-electron chi connectivity index (χ1n) is 6.48. The van der Waals surface area contributed by atoms with Gasteiger partial charge in [0, 0.05) is 17.6 Å². The summed E-state index contributed by atoms with van der Waals surface area (Å²) in [5.74, 6) is 1.18. The molecule has 1 amide bonds. The number of nitrogens with two attached hydrogens (primary N) is 1. The Morgan fingerprint density at radius 1 is 1.48 bits per heavy atom. The highest BCUT2D eigenvalue weighted by atomic mass is 35.5. The number of halogens is 1. The van der Waals surface area contributed by atoms with Crippen molar-refractivity contribution >= 4 is 24.4 Å². The summed E-state index contributed by atoms with van der Waals surface area (Å²) in [7, 11) is 1.59. The van der Waals surface area contributed by atoms with Crippen LogP contribution < -0.4 is 20.5 Å². The van der Waals surface area contributed by atoms with Crippen LogP contribution in [0.1, 0.15) is 19.4 Å². The molecule has 1 heterocycles. The maximum atomic E-state index is 12.1. The van der Waals surface area contributed by atoms with E-state index in [4.69, 9.17) is 15.2 Å². The van der Waals surface area contributed by atoms with E-state index in [-0.39, 0.29) is 24.9 Å². The third-order valence-corrected chi connectivity index (χ3v) is 2.93. The smallest absolute Gasteiger partial charge is 0.250 e. The minimum atomic E-state index is -0.438. The van der Waals surface area contributed by atoms with Crippen LogP contribution in [0.25, 0.3) is 6.08 Å². The Morgan fingerprint density at radius 2 is 2.19 bits per heavy atom. The molecule has 0 radical (unpaired) electrons. The monoisotopic (exact) mass is 312 g/mol. The van der Waals surface area contributed by atoms with Crippen LogP contribution in [-0.4, -0.2) is 31.7 Å².